The van der Waals surface area contributed by atoms with Gasteiger partial charge in [-0.3, -0.25) is 4.79 Å². The number of hydrogen-bond acceptors (Lipinski definition) is 4. The summed E-state index contributed by atoms with van der Waals surface area (Å²) in [7, 11) is -3.69. The highest BCUT2D eigenvalue weighted by Gasteiger charge is 2.23. The van der Waals surface area contributed by atoms with E-state index in [-0.39, 0.29) is 29.8 Å². The number of carbonyl (C=O) groups is 1. The zero-order chi connectivity index (χ0) is 19.3. The molecule has 0 aromatic heterocycles. The van der Waals surface area contributed by atoms with E-state index in [2.05, 4.69) is 0 Å². The highest BCUT2D eigenvalue weighted by molar-refractivity contribution is 7.86. The summed E-state index contributed by atoms with van der Waals surface area (Å²) in [5.74, 6) is -0.635. The van der Waals surface area contributed by atoms with Crippen molar-refractivity contribution in [1.82, 2.24) is 4.90 Å². The van der Waals surface area contributed by atoms with Crippen LogP contribution in [0.3, 0.4) is 0 Å². The molecule has 140 valence electrons. The molecule has 1 unspecified atom stereocenters. The van der Waals surface area contributed by atoms with Gasteiger partial charge >= 0.3 is 10.1 Å². The van der Waals surface area contributed by atoms with E-state index in [1.54, 1.807) is 29.2 Å². The Morgan fingerprint density at radius 2 is 1.88 bits per heavy atom. The molecule has 0 bridgehead atoms. The number of amides is 1. The molecule has 0 N–H and O–H groups in total. The number of carbonyl (C=O) groups excluding carboxylic acids is 1. The van der Waals surface area contributed by atoms with Gasteiger partial charge in [-0.15, -0.1) is 0 Å². The Hall–Kier alpha value is -2.41. The summed E-state index contributed by atoms with van der Waals surface area (Å²) in [6.45, 7) is 3.97. The average Bonchev–Trinajstić information content (AvgIpc) is 2.58. The lowest BCUT2D eigenvalue weighted by Gasteiger charge is -2.29. The van der Waals surface area contributed by atoms with E-state index in [1.165, 1.54) is 24.3 Å². The predicted molar refractivity (Wildman–Crippen MR) is 97.9 cm³/mol. The molecule has 0 heterocycles. The molecular formula is C19H22FNO4S. The maximum atomic E-state index is 13.5. The first-order valence-electron chi connectivity index (χ1n) is 8.25. The molecule has 2 aromatic rings. The second-order valence-corrected chi connectivity index (χ2v) is 7.67. The molecule has 1 amide bonds. The Labute approximate surface area is 153 Å². The maximum Gasteiger partial charge on any atom is 0.306 e. The number of halogens is 1. The van der Waals surface area contributed by atoms with Crippen LogP contribution in [0.1, 0.15) is 36.2 Å². The van der Waals surface area contributed by atoms with Gasteiger partial charge in [0.25, 0.3) is 5.91 Å². The topological polar surface area (TPSA) is 63.7 Å². The predicted octanol–water partition coefficient (Wildman–Crippen LogP) is 3.61. The van der Waals surface area contributed by atoms with Crippen LogP contribution in [0.5, 0.6) is 5.75 Å². The molecule has 7 heteroatoms. The molecule has 0 radical (unpaired) electrons. The van der Waals surface area contributed by atoms with Gasteiger partial charge in [-0.2, -0.15) is 8.42 Å². The second-order valence-electron chi connectivity index (χ2n) is 6.10. The van der Waals surface area contributed by atoms with Crippen LogP contribution in [0.25, 0.3) is 0 Å². The minimum Gasteiger partial charge on any atom is -0.382 e. The van der Waals surface area contributed by atoms with Gasteiger partial charge in [-0.25, -0.2) is 4.39 Å². The molecule has 2 aromatic carbocycles. The highest BCUT2D eigenvalue weighted by Crippen LogP contribution is 2.24. The summed E-state index contributed by atoms with van der Waals surface area (Å²) in [5.41, 5.74) is 0.801. The van der Waals surface area contributed by atoms with Gasteiger partial charge in [0.15, 0.2) is 0 Å². The van der Waals surface area contributed by atoms with E-state index >= 15 is 0 Å². The summed E-state index contributed by atoms with van der Waals surface area (Å²) in [5, 5.41) is 0. The van der Waals surface area contributed by atoms with Crippen molar-refractivity contribution in [3.63, 3.8) is 0 Å². The van der Waals surface area contributed by atoms with Crippen LogP contribution in [0.4, 0.5) is 4.39 Å². The van der Waals surface area contributed by atoms with Crippen LogP contribution in [0.15, 0.2) is 48.5 Å². The number of para-hydroxylation sites is 1. The fraction of sp³-hybridized carbons (Fsp3) is 0.316. The Morgan fingerprint density at radius 3 is 2.50 bits per heavy atom. The van der Waals surface area contributed by atoms with Gasteiger partial charge in [0.1, 0.15) is 11.6 Å². The van der Waals surface area contributed by atoms with Crippen molar-refractivity contribution in [3.05, 3.63) is 65.5 Å². The third-order valence-corrected chi connectivity index (χ3v) is 4.49. The first kappa shape index (κ1) is 19.9. The summed E-state index contributed by atoms with van der Waals surface area (Å²) < 4.78 is 41.5. The number of rotatable bonds is 7. The normalized spacial score (nSPS) is 12.5. The minimum absolute atomic E-state index is 0.128. The summed E-state index contributed by atoms with van der Waals surface area (Å²) in [4.78, 5) is 14.5. The van der Waals surface area contributed by atoms with Crippen molar-refractivity contribution >= 4 is 16.0 Å². The van der Waals surface area contributed by atoms with Crippen molar-refractivity contribution in [2.75, 3.05) is 6.26 Å². The van der Waals surface area contributed by atoms with E-state index < -0.39 is 15.9 Å². The lowest BCUT2D eigenvalue weighted by Crippen LogP contribution is -2.38. The molecule has 0 aliphatic rings. The Balaban J connectivity index is 2.36. The summed E-state index contributed by atoms with van der Waals surface area (Å²) in [6.07, 6.45) is 1.66. The highest BCUT2D eigenvalue weighted by atomic mass is 32.2. The fourth-order valence-electron chi connectivity index (χ4n) is 2.50. The van der Waals surface area contributed by atoms with E-state index in [0.717, 1.165) is 6.26 Å². The first-order valence-corrected chi connectivity index (χ1v) is 10.1. The lowest BCUT2D eigenvalue weighted by atomic mass is 10.1. The van der Waals surface area contributed by atoms with Crippen LogP contribution in [-0.4, -0.2) is 31.5 Å². The molecule has 0 saturated heterocycles. The zero-order valence-corrected chi connectivity index (χ0v) is 15.8. The smallest absolute Gasteiger partial charge is 0.306 e. The molecule has 5 nitrogen and oxygen atoms in total. The van der Waals surface area contributed by atoms with Crippen LogP contribution in [-0.2, 0) is 16.7 Å². The summed E-state index contributed by atoms with van der Waals surface area (Å²) in [6, 6.07) is 12.0. The van der Waals surface area contributed by atoms with Crippen LogP contribution in [0.2, 0.25) is 0 Å². The zero-order valence-electron chi connectivity index (χ0n) is 15.0. The molecule has 2 rings (SSSR count). The Morgan fingerprint density at radius 1 is 1.19 bits per heavy atom. The Bertz CT molecular complexity index is 883. The SMILES string of the molecule is CCC(C)N(Cc1ccccc1OS(C)(=O)=O)C(=O)c1cccc(F)c1. The van der Waals surface area contributed by atoms with Crippen LogP contribution in [0, 0.1) is 5.82 Å². The number of nitrogens with zero attached hydrogens (tertiary/aromatic N) is 1. The monoisotopic (exact) mass is 379 g/mol. The summed E-state index contributed by atoms with van der Waals surface area (Å²) >= 11 is 0. The molecule has 26 heavy (non-hydrogen) atoms. The van der Waals surface area contributed by atoms with Crippen molar-refractivity contribution < 1.29 is 21.8 Å². The van der Waals surface area contributed by atoms with Crippen LogP contribution < -0.4 is 4.18 Å². The molecule has 1 atom stereocenters. The minimum atomic E-state index is -3.69. The van der Waals surface area contributed by atoms with Crippen molar-refractivity contribution in [1.29, 1.82) is 0 Å². The van der Waals surface area contributed by atoms with Gasteiger partial charge in [-0.1, -0.05) is 31.2 Å². The third-order valence-electron chi connectivity index (χ3n) is 4.01. The molecule has 0 aliphatic carbocycles. The molecule has 0 spiro atoms. The lowest BCUT2D eigenvalue weighted by molar-refractivity contribution is 0.0670. The fourth-order valence-corrected chi connectivity index (χ4v) is 2.99. The largest absolute Gasteiger partial charge is 0.382 e. The van der Waals surface area contributed by atoms with Crippen molar-refractivity contribution in [2.45, 2.75) is 32.9 Å². The van der Waals surface area contributed by atoms with Gasteiger partial charge in [-0.05, 0) is 37.6 Å². The molecular weight excluding hydrogens is 357 g/mol. The van der Waals surface area contributed by atoms with Crippen LogP contribution >= 0.6 is 0 Å². The van der Waals surface area contributed by atoms with Gasteiger partial charge in [0.05, 0.1) is 6.26 Å². The van der Waals surface area contributed by atoms with Gasteiger partial charge in [0.2, 0.25) is 0 Å². The molecule has 0 aliphatic heterocycles. The van der Waals surface area contributed by atoms with E-state index in [1.807, 2.05) is 13.8 Å². The number of benzene rings is 2. The Kier molecular flexibility index (Phi) is 6.37. The van der Waals surface area contributed by atoms with E-state index in [0.29, 0.717) is 12.0 Å². The van der Waals surface area contributed by atoms with Gasteiger partial charge in [0, 0.05) is 23.7 Å². The molecule has 0 fully saturated rings. The second kappa shape index (κ2) is 8.31. The first-order chi connectivity index (χ1) is 12.2. The third kappa shape index (κ3) is 5.29. The van der Waals surface area contributed by atoms with Crippen molar-refractivity contribution in [2.24, 2.45) is 0 Å². The average molecular weight is 379 g/mol. The van der Waals surface area contributed by atoms with Crippen molar-refractivity contribution in [3.8, 4) is 5.75 Å². The van der Waals surface area contributed by atoms with E-state index in [4.69, 9.17) is 4.18 Å². The molecule has 0 saturated carbocycles. The number of hydrogen-bond donors (Lipinski definition) is 0. The van der Waals surface area contributed by atoms with Gasteiger partial charge < -0.3 is 9.08 Å². The van der Waals surface area contributed by atoms with E-state index in [9.17, 15) is 17.6 Å². The quantitative estimate of drug-likeness (QED) is 0.690. The maximum absolute atomic E-state index is 13.5. The standard InChI is InChI=1S/C19H22FNO4S/c1-4-14(2)21(19(22)15-9-7-10-17(20)12-15)13-16-8-5-6-11-18(16)25-26(3,23)24/h5-12,14H,4,13H2,1-3H3.